The van der Waals surface area contributed by atoms with Gasteiger partial charge in [0.25, 0.3) is 0 Å². The van der Waals surface area contributed by atoms with Crippen LogP contribution in [-0.2, 0) is 9.59 Å². The van der Waals surface area contributed by atoms with E-state index in [1.54, 1.807) is 18.2 Å². The van der Waals surface area contributed by atoms with Gasteiger partial charge in [-0.3, -0.25) is 9.59 Å². The normalized spacial score (nSPS) is 21.7. The lowest BCUT2D eigenvalue weighted by Gasteiger charge is -2.08. The van der Waals surface area contributed by atoms with Crippen LogP contribution in [0.3, 0.4) is 0 Å². The fraction of sp³-hybridized carbons (Fsp3) is 0.444. The van der Waals surface area contributed by atoms with E-state index in [1.165, 1.54) is 24.6 Å². The first-order valence-corrected chi connectivity index (χ1v) is 10.5. The maximum atomic E-state index is 12.2. The third-order valence-corrected chi connectivity index (χ3v) is 6.12. The number of amides is 2. The Hall–Kier alpha value is -1.57. The Balaban J connectivity index is 1.55. The monoisotopic (exact) mass is 426 g/mol. The first-order valence-electron chi connectivity index (χ1n) is 8.87. The topological polar surface area (TPSA) is 82.9 Å². The highest BCUT2D eigenvalue weighted by Gasteiger charge is 2.32. The predicted octanol–water partition coefficient (Wildman–Crippen LogP) is 4.62. The van der Waals surface area contributed by atoms with Gasteiger partial charge in [0.05, 0.1) is 10.0 Å². The summed E-state index contributed by atoms with van der Waals surface area (Å²) < 4.78 is 0. The Morgan fingerprint density at radius 1 is 1.15 bits per heavy atom. The van der Waals surface area contributed by atoms with Crippen molar-refractivity contribution in [3.8, 4) is 0 Å². The van der Waals surface area contributed by atoms with Gasteiger partial charge in [0.2, 0.25) is 11.8 Å². The van der Waals surface area contributed by atoms with Crippen molar-refractivity contribution in [2.45, 2.75) is 50.2 Å². The molecule has 27 heavy (non-hydrogen) atoms. The Morgan fingerprint density at radius 3 is 2.59 bits per heavy atom. The summed E-state index contributed by atoms with van der Waals surface area (Å²) in [4.78, 5) is 24.3. The Kier molecular flexibility index (Phi) is 7.15. The molecular formula is C18H20Cl2N4O2S. The van der Waals surface area contributed by atoms with Crippen molar-refractivity contribution in [2.75, 3.05) is 5.32 Å². The molecule has 0 radical (unpaired) electrons. The minimum atomic E-state index is -0.527. The quantitative estimate of drug-likeness (QED) is 0.543. The first-order chi connectivity index (χ1) is 13.0. The summed E-state index contributed by atoms with van der Waals surface area (Å²) in [6.45, 7) is 0. The number of halogens is 2. The van der Waals surface area contributed by atoms with Crippen LogP contribution in [0.25, 0.3) is 0 Å². The second-order valence-corrected chi connectivity index (χ2v) is 8.47. The number of nitrogens with one attached hydrogen (secondary N) is 2. The molecule has 3 rings (SSSR count). The fourth-order valence-corrected chi connectivity index (χ4v) is 4.11. The molecule has 9 heteroatoms. The lowest BCUT2D eigenvalue weighted by Crippen LogP contribution is -2.28. The van der Waals surface area contributed by atoms with Crippen molar-refractivity contribution in [3.05, 3.63) is 28.2 Å². The van der Waals surface area contributed by atoms with E-state index in [9.17, 15) is 9.59 Å². The van der Waals surface area contributed by atoms with Gasteiger partial charge in [-0.25, -0.2) is 0 Å². The number of nitrogens with zero attached hydrogens (tertiary/aromatic N) is 2. The van der Waals surface area contributed by atoms with Crippen LogP contribution in [0.4, 0.5) is 5.69 Å². The second-order valence-electron chi connectivity index (χ2n) is 6.46. The highest BCUT2D eigenvalue weighted by Crippen LogP contribution is 2.26. The second kappa shape index (κ2) is 9.57. The number of hydrogen-bond acceptors (Lipinski definition) is 5. The van der Waals surface area contributed by atoms with Gasteiger partial charge in [-0.05, 0) is 43.9 Å². The van der Waals surface area contributed by atoms with Gasteiger partial charge in [0.1, 0.15) is 5.25 Å². The molecule has 0 aromatic heterocycles. The van der Waals surface area contributed by atoms with Gasteiger partial charge in [-0.15, -0.1) is 5.10 Å². The molecule has 2 amide bonds. The number of hydrogen-bond donors (Lipinski definition) is 2. The third-order valence-electron chi connectivity index (χ3n) is 4.31. The fourth-order valence-electron chi connectivity index (χ4n) is 2.89. The predicted molar refractivity (Wildman–Crippen MR) is 112 cm³/mol. The third kappa shape index (κ3) is 5.96. The summed E-state index contributed by atoms with van der Waals surface area (Å²) in [6.07, 6.45) is 6.71. The van der Waals surface area contributed by atoms with Crippen LogP contribution >= 0.6 is 35.0 Å². The van der Waals surface area contributed by atoms with Crippen LogP contribution in [0.15, 0.2) is 28.4 Å². The molecule has 144 valence electrons. The number of rotatable bonds is 4. The average Bonchev–Trinajstić information content (AvgIpc) is 2.83. The maximum absolute atomic E-state index is 12.2. The molecule has 1 aliphatic carbocycles. The number of carbonyl (C=O) groups excluding carboxylic acids is 2. The molecule has 1 heterocycles. The van der Waals surface area contributed by atoms with Gasteiger partial charge >= 0.3 is 0 Å². The zero-order chi connectivity index (χ0) is 19.2. The van der Waals surface area contributed by atoms with Crippen molar-refractivity contribution in [1.29, 1.82) is 0 Å². The highest BCUT2D eigenvalue weighted by atomic mass is 35.5. The van der Waals surface area contributed by atoms with Crippen LogP contribution in [0.2, 0.25) is 10.0 Å². The molecule has 2 fully saturated rings. The van der Waals surface area contributed by atoms with Crippen LogP contribution in [0, 0.1) is 0 Å². The molecule has 1 aromatic carbocycles. The summed E-state index contributed by atoms with van der Waals surface area (Å²) in [5.74, 6) is -0.513. The Bertz CT molecular complexity index is 788. The van der Waals surface area contributed by atoms with E-state index in [0.29, 0.717) is 20.9 Å². The van der Waals surface area contributed by atoms with Gasteiger partial charge in [0.15, 0.2) is 5.17 Å². The number of amidine groups is 1. The Labute approximate surface area is 172 Å². The summed E-state index contributed by atoms with van der Waals surface area (Å²) in [5.41, 5.74) is 1.61. The number of thioether (sulfide) groups is 1. The maximum Gasteiger partial charge on any atom is 0.240 e. The number of carbonyl (C=O) groups is 2. The van der Waals surface area contributed by atoms with E-state index in [0.717, 1.165) is 31.4 Å². The average molecular weight is 427 g/mol. The molecule has 0 spiro atoms. The molecule has 1 unspecified atom stereocenters. The molecule has 1 aliphatic heterocycles. The first kappa shape index (κ1) is 20.2. The molecule has 1 aromatic rings. The standard InChI is InChI=1S/C18H20Cl2N4O2S/c19-13-8-7-12(9-14(13)20)21-16(25)10-15-17(26)22-18(27-15)24-23-11-5-3-1-2-4-6-11/h7-9,15H,1-6,10H2,(H,21,25)(H,22,24,26). The van der Waals surface area contributed by atoms with Gasteiger partial charge < -0.3 is 10.6 Å². The van der Waals surface area contributed by atoms with Gasteiger partial charge in [-0.1, -0.05) is 47.8 Å². The molecule has 0 bridgehead atoms. The molecule has 1 saturated carbocycles. The molecule has 1 atom stereocenters. The Morgan fingerprint density at radius 2 is 1.89 bits per heavy atom. The van der Waals surface area contributed by atoms with E-state index in [-0.39, 0.29) is 18.2 Å². The van der Waals surface area contributed by atoms with Crippen molar-refractivity contribution in [1.82, 2.24) is 5.32 Å². The largest absolute Gasteiger partial charge is 0.326 e. The van der Waals surface area contributed by atoms with Gasteiger partial charge in [-0.2, -0.15) is 5.10 Å². The van der Waals surface area contributed by atoms with Crippen LogP contribution in [-0.4, -0.2) is 27.9 Å². The zero-order valence-corrected chi connectivity index (χ0v) is 17.0. The van der Waals surface area contributed by atoms with Crippen molar-refractivity contribution < 1.29 is 9.59 Å². The highest BCUT2D eigenvalue weighted by molar-refractivity contribution is 8.15. The van der Waals surface area contributed by atoms with Crippen LogP contribution in [0.1, 0.15) is 44.9 Å². The molecule has 2 N–H and O–H groups in total. The number of anilines is 1. The summed E-state index contributed by atoms with van der Waals surface area (Å²) in [5, 5.41) is 14.6. The number of benzene rings is 1. The molecule has 6 nitrogen and oxygen atoms in total. The lowest BCUT2D eigenvalue weighted by molar-refractivity contribution is -0.122. The van der Waals surface area contributed by atoms with Gasteiger partial charge in [0, 0.05) is 17.8 Å². The lowest BCUT2D eigenvalue weighted by atomic mass is 10.2. The molecule has 1 saturated heterocycles. The SMILES string of the molecule is O=C(CC1S/C(=N\N=C2CCCCCC2)NC1=O)Nc1ccc(Cl)c(Cl)c1. The van der Waals surface area contributed by atoms with Crippen molar-refractivity contribution >= 4 is 63.3 Å². The zero-order valence-electron chi connectivity index (χ0n) is 14.6. The van der Waals surface area contributed by atoms with E-state index in [1.807, 2.05) is 0 Å². The minimum absolute atomic E-state index is 0.0341. The van der Waals surface area contributed by atoms with E-state index in [2.05, 4.69) is 20.8 Å². The van der Waals surface area contributed by atoms with Crippen molar-refractivity contribution in [3.63, 3.8) is 0 Å². The summed E-state index contributed by atoms with van der Waals surface area (Å²) >= 11 is 13.0. The van der Waals surface area contributed by atoms with Crippen LogP contribution in [0.5, 0.6) is 0 Å². The van der Waals surface area contributed by atoms with E-state index in [4.69, 9.17) is 23.2 Å². The summed E-state index contributed by atoms with van der Waals surface area (Å²) in [7, 11) is 0. The molecular weight excluding hydrogens is 407 g/mol. The van der Waals surface area contributed by atoms with E-state index < -0.39 is 5.25 Å². The van der Waals surface area contributed by atoms with Crippen molar-refractivity contribution in [2.24, 2.45) is 10.2 Å². The minimum Gasteiger partial charge on any atom is -0.326 e. The smallest absolute Gasteiger partial charge is 0.240 e. The van der Waals surface area contributed by atoms with Crippen LogP contribution < -0.4 is 10.6 Å². The van der Waals surface area contributed by atoms with E-state index >= 15 is 0 Å². The summed E-state index contributed by atoms with van der Waals surface area (Å²) in [6, 6.07) is 4.83. The molecule has 2 aliphatic rings.